The van der Waals surface area contributed by atoms with E-state index in [9.17, 15) is 0 Å². The number of nitrogen functional groups attached to an aromatic ring is 1. The lowest BCUT2D eigenvalue weighted by Crippen LogP contribution is -2.31. The summed E-state index contributed by atoms with van der Waals surface area (Å²) < 4.78 is 1.07. The van der Waals surface area contributed by atoms with Crippen LogP contribution in [0.2, 0.25) is 0 Å². The Balaban J connectivity index is 1.52. The zero-order valence-electron chi connectivity index (χ0n) is 18.2. The van der Waals surface area contributed by atoms with Gasteiger partial charge in [0, 0.05) is 49.7 Å². The van der Waals surface area contributed by atoms with E-state index in [1.807, 2.05) is 0 Å². The van der Waals surface area contributed by atoms with Crippen molar-refractivity contribution in [3.8, 4) is 11.3 Å². The molecule has 0 atom stereocenters. The van der Waals surface area contributed by atoms with Crippen molar-refractivity contribution in [2.24, 2.45) is 0 Å². The molecule has 1 aromatic carbocycles. The molecular formula is C24H27N7S. The number of nitrogens with zero attached hydrogens (tertiary/aromatic N) is 6. The average molecular weight is 446 g/mol. The molecule has 0 amide bonds. The number of rotatable bonds is 6. The third kappa shape index (κ3) is 4.42. The molecule has 2 N–H and O–H groups in total. The summed E-state index contributed by atoms with van der Waals surface area (Å²) >= 11 is 1.69. The van der Waals surface area contributed by atoms with Crippen molar-refractivity contribution < 1.29 is 0 Å². The zero-order chi connectivity index (χ0) is 21.9. The summed E-state index contributed by atoms with van der Waals surface area (Å²) in [6, 6.07) is 10.6. The minimum atomic E-state index is 0.268. The largest absolute Gasteiger partial charge is 0.368 e. The summed E-state index contributed by atoms with van der Waals surface area (Å²) in [5.74, 6) is 1.07. The Morgan fingerprint density at radius 2 is 1.75 bits per heavy atom. The van der Waals surface area contributed by atoms with Crippen molar-refractivity contribution in [1.82, 2.24) is 24.8 Å². The Hall–Kier alpha value is -3.10. The number of benzene rings is 1. The molecule has 7 nitrogen and oxygen atoms in total. The highest BCUT2D eigenvalue weighted by Gasteiger charge is 2.20. The van der Waals surface area contributed by atoms with E-state index in [-0.39, 0.29) is 5.95 Å². The van der Waals surface area contributed by atoms with Gasteiger partial charge in [-0.1, -0.05) is 30.3 Å². The first-order valence-corrected chi connectivity index (χ1v) is 11.9. The number of nitrogens with two attached hydrogens (primary N) is 1. The number of fused-ring (bicyclic) bond motifs is 1. The number of aromatic nitrogens is 4. The molecule has 1 aliphatic heterocycles. The van der Waals surface area contributed by atoms with Crippen LogP contribution in [0.3, 0.4) is 0 Å². The van der Waals surface area contributed by atoms with E-state index < -0.39 is 0 Å². The van der Waals surface area contributed by atoms with Crippen molar-refractivity contribution in [1.29, 1.82) is 0 Å². The quantitative estimate of drug-likeness (QED) is 0.472. The van der Waals surface area contributed by atoms with Crippen molar-refractivity contribution in [2.45, 2.75) is 32.4 Å². The fraction of sp³-hybridized carbons (Fsp3) is 0.333. The predicted octanol–water partition coefficient (Wildman–Crippen LogP) is 4.35. The van der Waals surface area contributed by atoms with Gasteiger partial charge in [0.05, 0.1) is 15.9 Å². The van der Waals surface area contributed by atoms with Crippen LogP contribution in [0.5, 0.6) is 0 Å². The number of anilines is 2. The van der Waals surface area contributed by atoms with Crippen LogP contribution < -0.4 is 10.6 Å². The van der Waals surface area contributed by atoms with Gasteiger partial charge in [-0.15, -0.1) is 11.3 Å². The molecule has 32 heavy (non-hydrogen) atoms. The summed E-state index contributed by atoms with van der Waals surface area (Å²) in [5.41, 5.74) is 11.0. The van der Waals surface area contributed by atoms with E-state index in [1.54, 1.807) is 23.7 Å². The molecule has 0 unspecified atom stereocenters. The van der Waals surface area contributed by atoms with E-state index in [4.69, 9.17) is 15.7 Å². The Morgan fingerprint density at radius 3 is 2.50 bits per heavy atom. The fourth-order valence-electron chi connectivity index (χ4n) is 4.20. The van der Waals surface area contributed by atoms with Gasteiger partial charge in [0.2, 0.25) is 11.9 Å². The van der Waals surface area contributed by atoms with Crippen LogP contribution in [-0.4, -0.2) is 45.0 Å². The summed E-state index contributed by atoms with van der Waals surface area (Å²) in [5, 5.41) is 2.21. The van der Waals surface area contributed by atoms with Crippen molar-refractivity contribution >= 4 is 33.5 Å². The first-order valence-electron chi connectivity index (χ1n) is 11.0. The lowest BCUT2D eigenvalue weighted by atomic mass is 10.1. The molecule has 0 saturated carbocycles. The minimum Gasteiger partial charge on any atom is -0.368 e. The standard InChI is InChI=1S/C24H27N7S/c1-30(14-17-8-4-2-5-9-17)15-19-16-32-22-20(18-12-26-23(25)27-13-18)28-24(29-21(19)22)31-10-6-3-7-11-31/h2,4-5,8-9,12-13,16H,3,6-7,10-11,14-15H2,1H3,(H2,25,26,27). The van der Waals surface area contributed by atoms with Crippen LogP contribution in [0, 0.1) is 0 Å². The smallest absolute Gasteiger partial charge is 0.226 e. The monoisotopic (exact) mass is 445 g/mol. The molecule has 0 spiro atoms. The van der Waals surface area contributed by atoms with Gasteiger partial charge >= 0.3 is 0 Å². The van der Waals surface area contributed by atoms with Gasteiger partial charge in [-0.05, 0) is 37.3 Å². The zero-order valence-corrected chi connectivity index (χ0v) is 19.1. The van der Waals surface area contributed by atoms with E-state index >= 15 is 0 Å². The third-order valence-corrected chi connectivity index (χ3v) is 6.82. The van der Waals surface area contributed by atoms with E-state index in [1.165, 1.54) is 30.4 Å². The average Bonchev–Trinajstić information content (AvgIpc) is 3.23. The second-order valence-electron chi connectivity index (χ2n) is 8.35. The predicted molar refractivity (Wildman–Crippen MR) is 131 cm³/mol. The summed E-state index contributed by atoms with van der Waals surface area (Å²) in [6.07, 6.45) is 7.14. The second-order valence-corrected chi connectivity index (χ2v) is 9.23. The molecule has 1 saturated heterocycles. The molecule has 5 rings (SSSR count). The van der Waals surface area contributed by atoms with Gasteiger partial charge in [0.25, 0.3) is 0 Å². The van der Waals surface area contributed by atoms with Gasteiger partial charge in [-0.25, -0.2) is 19.9 Å². The van der Waals surface area contributed by atoms with Gasteiger partial charge in [-0.3, -0.25) is 4.90 Å². The van der Waals surface area contributed by atoms with Crippen LogP contribution in [0.25, 0.3) is 21.5 Å². The Labute approximate surface area is 192 Å². The maximum atomic E-state index is 5.72. The Kier molecular flexibility index (Phi) is 5.96. The minimum absolute atomic E-state index is 0.268. The fourth-order valence-corrected chi connectivity index (χ4v) is 5.21. The van der Waals surface area contributed by atoms with E-state index in [0.717, 1.165) is 53.6 Å². The van der Waals surface area contributed by atoms with Crippen molar-refractivity contribution in [3.05, 3.63) is 59.2 Å². The molecule has 164 valence electrons. The van der Waals surface area contributed by atoms with Crippen molar-refractivity contribution in [3.63, 3.8) is 0 Å². The lowest BCUT2D eigenvalue weighted by molar-refractivity contribution is 0.320. The molecule has 3 aromatic heterocycles. The number of hydrogen-bond donors (Lipinski definition) is 1. The Morgan fingerprint density at radius 1 is 1.00 bits per heavy atom. The number of hydrogen-bond acceptors (Lipinski definition) is 8. The van der Waals surface area contributed by atoms with E-state index in [0.29, 0.717) is 0 Å². The molecule has 0 radical (unpaired) electrons. The molecule has 1 fully saturated rings. The molecule has 0 aliphatic carbocycles. The summed E-state index contributed by atoms with van der Waals surface area (Å²) in [6.45, 7) is 3.71. The highest BCUT2D eigenvalue weighted by molar-refractivity contribution is 7.17. The summed E-state index contributed by atoms with van der Waals surface area (Å²) in [4.78, 5) is 23.1. The highest BCUT2D eigenvalue weighted by atomic mass is 32.1. The van der Waals surface area contributed by atoms with E-state index in [2.05, 4.69) is 62.5 Å². The maximum absolute atomic E-state index is 5.72. The SMILES string of the molecule is CN(Cc1ccccc1)Cc1csc2c(-c3cnc(N)nc3)nc(N3CCCCC3)nc12. The molecule has 1 aliphatic rings. The Bertz CT molecular complexity index is 1180. The number of thiophene rings is 1. The first kappa shape index (κ1) is 20.8. The van der Waals surface area contributed by atoms with Crippen molar-refractivity contribution in [2.75, 3.05) is 30.8 Å². The third-order valence-electron chi connectivity index (χ3n) is 5.80. The maximum Gasteiger partial charge on any atom is 0.226 e. The normalized spacial score (nSPS) is 14.4. The van der Waals surface area contributed by atoms with Crippen LogP contribution in [0.1, 0.15) is 30.4 Å². The molecular weight excluding hydrogens is 418 g/mol. The van der Waals surface area contributed by atoms with Crippen LogP contribution in [-0.2, 0) is 13.1 Å². The van der Waals surface area contributed by atoms with Gasteiger partial charge in [0.15, 0.2) is 0 Å². The molecule has 4 aromatic rings. The van der Waals surface area contributed by atoms with Crippen LogP contribution in [0.15, 0.2) is 48.1 Å². The lowest BCUT2D eigenvalue weighted by Gasteiger charge is -2.27. The first-order chi connectivity index (χ1) is 15.7. The molecule has 4 heterocycles. The van der Waals surface area contributed by atoms with Gasteiger partial charge < -0.3 is 10.6 Å². The van der Waals surface area contributed by atoms with Gasteiger partial charge in [-0.2, -0.15) is 0 Å². The number of piperidine rings is 1. The summed E-state index contributed by atoms with van der Waals surface area (Å²) in [7, 11) is 2.15. The molecule has 8 heteroatoms. The molecule has 0 bridgehead atoms. The second kappa shape index (κ2) is 9.18. The van der Waals surface area contributed by atoms with Crippen LogP contribution >= 0.6 is 11.3 Å². The topological polar surface area (TPSA) is 84.1 Å². The van der Waals surface area contributed by atoms with Gasteiger partial charge in [0.1, 0.15) is 0 Å². The highest BCUT2D eigenvalue weighted by Crippen LogP contribution is 2.35. The van der Waals surface area contributed by atoms with Crippen LogP contribution in [0.4, 0.5) is 11.9 Å².